The molecule has 0 amide bonds. The second-order valence-corrected chi connectivity index (χ2v) is 5.90. The van der Waals surface area contributed by atoms with Gasteiger partial charge in [0, 0.05) is 18.1 Å². The van der Waals surface area contributed by atoms with Gasteiger partial charge in [0.2, 0.25) is 0 Å². The minimum Gasteiger partial charge on any atom is -0.351 e. The van der Waals surface area contributed by atoms with Crippen molar-refractivity contribution in [2.75, 3.05) is 7.05 Å². The molecule has 0 bridgehead atoms. The molecule has 0 atom stereocenters. The fraction of sp³-hybridized carbons (Fsp3) is 0.429. The van der Waals surface area contributed by atoms with Crippen molar-refractivity contribution in [1.82, 2.24) is 25.6 Å². The van der Waals surface area contributed by atoms with Crippen molar-refractivity contribution in [2.45, 2.75) is 33.9 Å². The summed E-state index contributed by atoms with van der Waals surface area (Å²) in [7, 11) is 1.76. The SMILES string of the molecule is CN=C(NCc1ccnc(C)n1)NCc1sc(C)nc1C.I. The molecule has 6 nitrogen and oxygen atoms in total. The first-order valence-electron chi connectivity index (χ1n) is 6.74. The number of thiazole rings is 1. The molecule has 0 aliphatic heterocycles. The maximum Gasteiger partial charge on any atom is 0.191 e. The van der Waals surface area contributed by atoms with Gasteiger partial charge in [0.25, 0.3) is 0 Å². The van der Waals surface area contributed by atoms with Crippen molar-refractivity contribution in [2.24, 2.45) is 4.99 Å². The van der Waals surface area contributed by atoms with Crippen LogP contribution in [0.5, 0.6) is 0 Å². The minimum atomic E-state index is 0. The lowest BCUT2D eigenvalue weighted by Crippen LogP contribution is -2.36. The standard InChI is InChI=1S/C14H20N6S.HI/c1-9-13(21-11(3)19-9)8-18-14(15-4)17-7-12-5-6-16-10(2)20-12;/h5-6H,7-8H2,1-4H3,(H2,15,17,18);1H. The summed E-state index contributed by atoms with van der Waals surface area (Å²) < 4.78 is 0. The molecular weight excluding hydrogens is 411 g/mol. The molecule has 0 saturated heterocycles. The Morgan fingerprint density at radius 3 is 2.50 bits per heavy atom. The number of hydrogen-bond donors (Lipinski definition) is 2. The molecule has 0 spiro atoms. The summed E-state index contributed by atoms with van der Waals surface area (Å²) in [6.07, 6.45) is 1.76. The van der Waals surface area contributed by atoms with Crippen molar-refractivity contribution >= 4 is 41.3 Å². The van der Waals surface area contributed by atoms with Gasteiger partial charge in [-0.2, -0.15) is 0 Å². The highest BCUT2D eigenvalue weighted by Gasteiger charge is 2.06. The fourth-order valence-electron chi connectivity index (χ4n) is 1.90. The molecule has 0 saturated carbocycles. The minimum absolute atomic E-state index is 0. The van der Waals surface area contributed by atoms with Gasteiger partial charge in [0.15, 0.2) is 5.96 Å². The monoisotopic (exact) mass is 432 g/mol. The Kier molecular flexibility index (Phi) is 7.66. The van der Waals surface area contributed by atoms with E-state index in [0.29, 0.717) is 6.54 Å². The van der Waals surface area contributed by atoms with Crippen LogP contribution in [0.3, 0.4) is 0 Å². The summed E-state index contributed by atoms with van der Waals surface area (Å²) in [6.45, 7) is 7.26. The Balaban J connectivity index is 0.00000242. The Bertz CT molecular complexity index is 640. The zero-order chi connectivity index (χ0) is 15.2. The number of nitrogens with zero attached hydrogens (tertiary/aromatic N) is 4. The van der Waals surface area contributed by atoms with E-state index < -0.39 is 0 Å². The summed E-state index contributed by atoms with van der Waals surface area (Å²) >= 11 is 1.71. The van der Waals surface area contributed by atoms with Crippen LogP contribution in [0.25, 0.3) is 0 Å². The third-order valence-electron chi connectivity index (χ3n) is 2.91. The van der Waals surface area contributed by atoms with Crippen LogP contribution in [0.2, 0.25) is 0 Å². The number of hydrogen-bond acceptors (Lipinski definition) is 5. The van der Waals surface area contributed by atoms with Gasteiger partial charge in [0.05, 0.1) is 29.5 Å². The molecule has 2 aromatic rings. The van der Waals surface area contributed by atoms with Gasteiger partial charge < -0.3 is 10.6 Å². The van der Waals surface area contributed by atoms with Gasteiger partial charge in [-0.1, -0.05) is 0 Å². The molecule has 120 valence electrons. The highest BCUT2D eigenvalue weighted by molar-refractivity contribution is 14.0. The lowest BCUT2D eigenvalue weighted by Gasteiger charge is -2.11. The van der Waals surface area contributed by atoms with Gasteiger partial charge >= 0.3 is 0 Å². The van der Waals surface area contributed by atoms with Crippen LogP contribution in [0, 0.1) is 20.8 Å². The van der Waals surface area contributed by atoms with Crippen LogP contribution in [0.1, 0.15) is 27.1 Å². The Labute approximate surface area is 151 Å². The normalized spacial score (nSPS) is 11.0. The van der Waals surface area contributed by atoms with E-state index in [9.17, 15) is 0 Å². The molecule has 22 heavy (non-hydrogen) atoms. The van der Waals surface area contributed by atoms with E-state index in [0.717, 1.165) is 34.7 Å². The van der Waals surface area contributed by atoms with Crippen LogP contribution in [-0.2, 0) is 13.1 Å². The van der Waals surface area contributed by atoms with Crippen LogP contribution in [0.15, 0.2) is 17.3 Å². The molecule has 2 aromatic heterocycles. The maximum atomic E-state index is 4.42. The van der Waals surface area contributed by atoms with Crippen molar-refractivity contribution in [1.29, 1.82) is 0 Å². The van der Waals surface area contributed by atoms with E-state index in [1.807, 2.05) is 26.8 Å². The van der Waals surface area contributed by atoms with E-state index in [-0.39, 0.29) is 24.0 Å². The number of halogens is 1. The van der Waals surface area contributed by atoms with Gasteiger partial charge in [-0.25, -0.2) is 15.0 Å². The summed E-state index contributed by atoms with van der Waals surface area (Å²) in [6, 6.07) is 1.89. The second kappa shape index (κ2) is 8.99. The van der Waals surface area contributed by atoms with E-state index >= 15 is 0 Å². The van der Waals surface area contributed by atoms with Crippen LogP contribution in [-0.4, -0.2) is 28.0 Å². The number of nitrogens with one attached hydrogen (secondary N) is 2. The molecule has 0 radical (unpaired) electrons. The lowest BCUT2D eigenvalue weighted by molar-refractivity contribution is 0.787. The molecule has 0 aromatic carbocycles. The van der Waals surface area contributed by atoms with Crippen LogP contribution >= 0.6 is 35.3 Å². The van der Waals surface area contributed by atoms with Gasteiger partial charge in [-0.15, -0.1) is 35.3 Å². The Morgan fingerprint density at radius 1 is 1.18 bits per heavy atom. The molecular formula is C14H21IN6S. The first-order chi connectivity index (χ1) is 10.1. The topological polar surface area (TPSA) is 75.1 Å². The highest BCUT2D eigenvalue weighted by atomic mass is 127. The summed E-state index contributed by atoms with van der Waals surface area (Å²) in [5.74, 6) is 1.52. The number of aromatic nitrogens is 3. The van der Waals surface area contributed by atoms with Gasteiger partial charge in [0.1, 0.15) is 5.82 Å². The summed E-state index contributed by atoms with van der Waals surface area (Å²) in [5, 5.41) is 7.62. The van der Waals surface area contributed by atoms with E-state index in [1.165, 1.54) is 4.88 Å². The smallest absolute Gasteiger partial charge is 0.191 e. The maximum absolute atomic E-state index is 4.42. The summed E-state index contributed by atoms with van der Waals surface area (Å²) in [5.41, 5.74) is 2.02. The number of aliphatic imine (C=N–C) groups is 1. The van der Waals surface area contributed by atoms with Crippen LogP contribution in [0.4, 0.5) is 0 Å². The number of guanidine groups is 1. The van der Waals surface area contributed by atoms with Crippen molar-refractivity contribution < 1.29 is 0 Å². The molecule has 0 fully saturated rings. The molecule has 2 heterocycles. The Hall–Kier alpha value is -1.29. The second-order valence-electron chi connectivity index (χ2n) is 4.62. The van der Waals surface area contributed by atoms with E-state index in [4.69, 9.17) is 0 Å². The van der Waals surface area contributed by atoms with Crippen molar-refractivity contribution in [3.05, 3.63) is 39.4 Å². The molecule has 0 aliphatic rings. The van der Waals surface area contributed by atoms with Gasteiger partial charge in [-0.05, 0) is 26.8 Å². The molecule has 2 rings (SSSR count). The first kappa shape index (κ1) is 18.8. The lowest BCUT2D eigenvalue weighted by atomic mass is 10.4. The zero-order valence-electron chi connectivity index (χ0n) is 13.2. The Morgan fingerprint density at radius 2 is 1.91 bits per heavy atom. The summed E-state index contributed by atoms with van der Waals surface area (Å²) in [4.78, 5) is 18.3. The van der Waals surface area contributed by atoms with Crippen LogP contribution < -0.4 is 10.6 Å². The fourth-order valence-corrected chi connectivity index (χ4v) is 2.78. The van der Waals surface area contributed by atoms with E-state index in [2.05, 4.69) is 30.6 Å². The average Bonchev–Trinajstić information content (AvgIpc) is 2.77. The predicted molar refractivity (Wildman–Crippen MR) is 101 cm³/mol. The molecule has 0 unspecified atom stereocenters. The highest BCUT2D eigenvalue weighted by Crippen LogP contribution is 2.16. The number of aryl methyl sites for hydroxylation is 3. The number of rotatable bonds is 4. The van der Waals surface area contributed by atoms with E-state index in [1.54, 1.807) is 24.6 Å². The quantitative estimate of drug-likeness (QED) is 0.441. The predicted octanol–water partition coefficient (Wildman–Crippen LogP) is 2.34. The average molecular weight is 432 g/mol. The third-order valence-corrected chi connectivity index (χ3v) is 3.98. The third kappa shape index (κ3) is 5.48. The molecule has 0 aliphatic carbocycles. The molecule has 8 heteroatoms. The zero-order valence-corrected chi connectivity index (χ0v) is 16.3. The first-order valence-corrected chi connectivity index (χ1v) is 7.56. The van der Waals surface area contributed by atoms with Crippen molar-refractivity contribution in [3.63, 3.8) is 0 Å². The largest absolute Gasteiger partial charge is 0.351 e. The molecule has 2 N–H and O–H groups in total. The van der Waals surface area contributed by atoms with Gasteiger partial charge in [-0.3, -0.25) is 4.99 Å². The van der Waals surface area contributed by atoms with Crippen molar-refractivity contribution in [3.8, 4) is 0 Å².